The highest BCUT2D eigenvalue weighted by atomic mass is 32.2. The van der Waals surface area contributed by atoms with E-state index >= 15 is 0 Å². The van der Waals surface area contributed by atoms with Crippen LogP contribution in [0.5, 0.6) is 5.75 Å². The molecule has 6 nitrogen and oxygen atoms in total. The molecular weight excluding hydrogens is 444 g/mol. The molecule has 1 amide bonds. The van der Waals surface area contributed by atoms with E-state index in [9.17, 15) is 13.2 Å². The molecule has 0 aromatic heterocycles. The van der Waals surface area contributed by atoms with Gasteiger partial charge in [-0.15, -0.1) is 11.8 Å². The van der Waals surface area contributed by atoms with Gasteiger partial charge in [-0.25, -0.2) is 8.42 Å². The highest BCUT2D eigenvalue weighted by Crippen LogP contribution is 2.22. The van der Waals surface area contributed by atoms with Crippen molar-refractivity contribution in [2.45, 2.75) is 30.1 Å². The summed E-state index contributed by atoms with van der Waals surface area (Å²) in [5.41, 5.74) is 2.19. The summed E-state index contributed by atoms with van der Waals surface area (Å²) in [5.74, 6) is 1.22. The van der Waals surface area contributed by atoms with Gasteiger partial charge in [0.25, 0.3) is 10.0 Å². The monoisotopic (exact) mass is 470 g/mol. The van der Waals surface area contributed by atoms with E-state index in [4.69, 9.17) is 4.74 Å². The Morgan fingerprint density at radius 3 is 2.16 bits per heavy atom. The topological polar surface area (TPSA) is 84.5 Å². The minimum atomic E-state index is -3.74. The lowest BCUT2D eigenvalue weighted by molar-refractivity contribution is -0.115. The molecule has 0 unspecified atom stereocenters. The Hall–Kier alpha value is -2.97. The standard InChI is InChI=1S/C24H26N2O4S2/c1-3-30-21-10-6-20(7-11-21)26-32(28,29)23-14-8-19(9-15-23)25-24(27)16-17-31-22-12-4-18(2)5-13-22/h4-15,26H,3,16-17H2,1-2H3,(H,25,27). The minimum absolute atomic E-state index is 0.110. The van der Waals surface area contributed by atoms with E-state index < -0.39 is 10.0 Å². The fraction of sp³-hybridized carbons (Fsp3) is 0.208. The minimum Gasteiger partial charge on any atom is -0.494 e. The predicted octanol–water partition coefficient (Wildman–Crippen LogP) is 5.32. The van der Waals surface area contributed by atoms with Crippen molar-refractivity contribution in [1.29, 1.82) is 0 Å². The van der Waals surface area contributed by atoms with Crippen molar-refractivity contribution < 1.29 is 17.9 Å². The van der Waals surface area contributed by atoms with Gasteiger partial charge in [-0.05, 0) is 74.5 Å². The van der Waals surface area contributed by atoms with E-state index in [1.807, 2.05) is 38.1 Å². The van der Waals surface area contributed by atoms with Crippen LogP contribution in [0.1, 0.15) is 18.9 Å². The van der Waals surface area contributed by atoms with Crippen LogP contribution in [0.25, 0.3) is 0 Å². The normalized spacial score (nSPS) is 11.1. The molecule has 0 spiro atoms. The van der Waals surface area contributed by atoms with Crippen LogP contribution in [-0.4, -0.2) is 26.7 Å². The average molecular weight is 471 g/mol. The van der Waals surface area contributed by atoms with Crippen molar-refractivity contribution >= 4 is 39.1 Å². The zero-order valence-electron chi connectivity index (χ0n) is 18.0. The van der Waals surface area contributed by atoms with E-state index in [2.05, 4.69) is 10.0 Å². The van der Waals surface area contributed by atoms with Crippen LogP contribution in [0.15, 0.2) is 82.6 Å². The fourth-order valence-corrected chi connectivity index (χ4v) is 4.75. The zero-order chi connectivity index (χ0) is 23.0. The van der Waals surface area contributed by atoms with Crippen molar-refractivity contribution in [2.75, 3.05) is 22.4 Å². The third-order valence-electron chi connectivity index (χ3n) is 4.48. The van der Waals surface area contributed by atoms with Gasteiger partial charge in [0.05, 0.1) is 11.5 Å². The summed E-state index contributed by atoms with van der Waals surface area (Å²) in [7, 11) is -3.74. The Morgan fingerprint density at radius 2 is 1.53 bits per heavy atom. The lowest BCUT2D eigenvalue weighted by Gasteiger charge is -2.10. The quantitative estimate of drug-likeness (QED) is 0.392. The van der Waals surface area contributed by atoms with E-state index in [-0.39, 0.29) is 10.8 Å². The molecule has 0 saturated carbocycles. The Balaban J connectivity index is 1.51. The zero-order valence-corrected chi connectivity index (χ0v) is 19.6. The summed E-state index contributed by atoms with van der Waals surface area (Å²) in [5, 5.41) is 2.80. The molecule has 3 rings (SSSR count). The molecule has 0 radical (unpaired) electrons. The molecule has 0 bridgehead atoms. The summed E-state index contributed by atoms with van der Waals surface area (Å²) in [6, 6.07) is 21.0. The van der Waals surface area contributed by atoms with E-state index in [1.54, 1.807) is 48.2 Å². The second kappa shape index (κ2) is 11.1. The summed E-state index contributed by atoms with van der Waals surface area (Å²) >= 11 is 1.62. The van der Waals surface area contributed by atoms with Crippen molar-refractivity contribution in [1.82, 2.24) is 0 Å². The largest absolute Gasteiger partial charge is 0.494 e. The predicted molar refractivity (Wildman–Crippen MR) is 130 cm³/mol. The smallest absolute Gasteiger partial charge is 0.261 e. The van der Waals surface area contributed by atoms with Crippen LogP contribution < -0.4 is 14.8 Å². The average Bonchev–Trinajstić information content (AvgIpc) is 2.77. The molecule has 32 heavy (non-hydrogen) atoms. The molecule has 2 N–H and O–H groups in total. The van der Waals surface area contributed by atoms with Gasteiger partial charge in [0.2, 0.25) is 5.91 Å². The number of carbonyl (C=O) groups is 1. The van der Waals surface area contributed by atoms with Crippen LogP contribution in [0.3, 0.4) is 0 Å². The molecule has 3 aromatic rings. The number of hydrogen-bond acceptors (Lipinski definition) is 5. The summed E-state index contributed by atoms with van der Waals surface area (Å²) in [4.78, 5) is 13.4. The molecule has 168 valence electrons. The number of amides is 1. The van der Waals surface area contributed by atoms with Gasteiger partial charge in [0.15, 0.2) is 0 Å². The maximum absolute atomic E-state index is 12.6. The number of thioether (sulfide) groups is 1. The van der Waals surface area contributed by atoms with Crippen LogP contribution in [0.4, 0.5) is 11.4 Å². The number of aryl methyl sites for hydroxylation is 1. The maximum Gasteiger partial charge on any atom is 0.261 e. The third-order valence-corrected chi connectivity index (χ3v) is 6.90. The maximum atomic E-state index is 12.6. The summed E-state index contributed by atoms with van der Waals surface area (Å²) in [6.07, 6.45) is 0.359. The Bertz CT molecular complexity index is 1130. The van der Waals surface area contributed by atoms with Gasteiger partial charge in [0.1, 0.15) is 5.75 Å². The molecule has 0 aliphatic rings. The summed E-state index contributed by atoms with van der Waals surface area (Å²) in [6.45, 7) is 4.46. The number of anilines is 2. The number of rotatable bonds is 10. The molecule has 0 saturated heterocycles. The first-order valence-corrected chi connectivity index (χ1v) is 12.7. The van der Waals surface area contributed by atoms with Gasteiger partial charge < -0.3 is 10.1 Å². The number of hydrogen-bond donors (Lipinski definition) is 2. The van der Waals surface area contributed by atoms with Crippen molar-refractivity contribution in [3.05, 3.63) is 78.4 Å². The number of nitrogens with one attached hydrogen (secondary N) is 2. The Morgan fingerprint density at radius 1 is 0.906 bits per heavy atom. The van der Waals surface area contributed by atoms with Crippen LogP contribution >= 0.6 is 11.8 Å². The Labute approximate surface area is 193 Å². The lowest BCUT2D eigenvalue weighted by Crippen LogP contribution is -2.14. The van der Waals surface area contributed by atoms with Crippen molar-refractivity contribution in [3.63, 3.8) is 0 Å². The van der Waals surface area contributed by atoms with E-state index in [0.29, 0.717) is 35.9 Å². The molecule has 0 heterocycles. The number of benzene rings is 3. The van der Waals surface area contributed by atoms with Gasteiger partial charge in [-0.2, -0.15) is 0 Å². The van der Waals surface area contributed by atoms with Crippen LogP contribution in [0, 0.1) is 6.92 Å². The van der Waals surface area contributed by atoms with E-state index in [0.717, 1.165) is 4.90 Å². The van der Waals surface area contributed by atoms with Gasteiger partial charge in [-0.1, -0.05) is 17.7 Å². The third kappa shape index (κ3) is 7.03. The van der Waals surface area contributed by atoms with Gasteiger partial charge in [-0.3, -0.25) is 9.52 Å². The second-order valence-electron chi connectivity index (χ2n) is 7.05. The van der Waals surface area contributed by atoms with Gasteiger partial charge >= 0.3 is 0 Å². The molecular formula is C24H26N2O4S2. The first kappa shape index (κ1) is 23.7. The molecule has 0 aliphatic carbocycles. The fourth-order valence-electron chi connectivity index (χ4n) is 2.84. The molecule has 3 aromatic carbocycles. The lowest BCUT2D eigenvalue weighted by atomic mass is 10.2. The van der Waals surface area contributed by atoms with E-state index in [1.165, 1.54) is 17.7 Å². The number of sulfonamides is 1. The second-order valence-corrected chi connectivity index (χ2v) is 9.90. The number of carbonyl (C=O) groups excluding carboxylic acids is 1. The highest BCUT2D eigenvalue weighted by Gasteiger charge is 2.14. The van der Waals surface area contributed by atoms with Crippen molar-refractivity contribution in [3.8, 4) is 5.75 Å². The first-order valence-electron chi connectivity index (χ1n) is 10.2. The summed E-state index contributed by atoms with van der Waals surface area (Å²) < 4.78 is 33.1. The molecule has 0 aliphatic heterocycles. The molecule has 0 atom stereocenters. The molecule has 8 heteroatoms. The van der Waals surface area contributed by atoms with Crippen LogP contribution in [0.2, 0.25) is 0 Å². The van der Waals surface area contributed by atoms with Gasteiger partial charge in [0, 0.05) is 28.4 Å². The SMILES string of the molecule is CCOc1ccc(NS(=O)(=O)c2ccc(NC(=O)CCSc3ccc(C)cc3)cc2)cc1. The molecule has 0 fully saturated rings. The number of ether oxygens (including phenoxy) is 1. The first-order chi connectivity index (χ1) is 15.4. The van der Waals surface area contributed by atoms with Crippen LogP contribution in [-0.2, 0) is 14.8 Å². The van der Waals surface area contributed by atoms with Crippen molar-refractivity contribution in [2.24, 2.45) is 0 Å². The Kier molecular flexibility index (Phi) is 8.19. The highest BCUT2D eigenvalue weighted by molar-refractivity contribution is 7.99.